The molecule has 9 N–H and O–H groups in total. The number of nitrogens with two attached hydrogens (primary N) is 3. The molecule has 0 aromatic carbocycles. The van der Waals surface area contributed by atoms with Crippen LogP contribution < -0.4 is 27.8 Å². The summed E-state index contributed by atoms with van der Waals surface area (Å²) in [6.45, 7) is 1.79. The minimum Gasteiger partial charge on any atom is -0.354 e. The highest BCUT2D eigenvalue weighted by atomic mass is 32.1. The van der Waals surface area contributed by atoms with Crippen LogP contribution in [0, 0.1) is 0 Å². The molecule has 10 heteroatoms. The molecule has 0 spiro atoms. The van der Waals surface area contributed by atoms with Gasteiger partial charge in [0.1, 0.15) is 6.04 Å². The number of hydrogen-bond donors (Lipinski definition) is 6. The Morgan fingerprint density at radius 1 is 1.03 bits per heavy atom. The third-order valence-corrected chi connectivity index (χ3v) is 6.39. The van der Waals surface area contributed by atoms with E-state index in [-0.39, 0.29) is 11.8 Å². The van der Waals surface area contributed by atoms with Gasteiger partial charge in [0, 0.05) is 34.6 Å². The van der Waals surface area contributed by atoms with Gasteiger partial charge in [-0.25, -0.2) is 4.98 Å². The quantitative estimate of drug-likeness (QED) is 0.199. The highest BCUT2D eigenvalue weighted by Crippen LogP contribution is 2.18. The summed E-state index contributed by atoms with van der Waals surface area (Å²) >= 11 is 1.77. The SMILES string of the molecule is NCCCCc1ccc(CCNC(=O)[C@H](Cc2cnc[nH]2)NC(=O)[C@H](N)CCCCN)s1. The van der Waals surface area contributed by atoms with E-state index < -0.39 is 12.1 Å². The number of amides is 2. The van der Waals surface area contributed by atoms with E-state index in [0.717, 1.165) is 50.8 Å². The zero-order valence-electron chi connectivity index (χ0n) is 18.6. The number of rotatable bonds is 16. The van der Waals surface area contributed by atoms with Crippen molar-refractivity contribution in [1.29, 1.82) is 0 Å². The van der Waals surface area contributed by atoms with Gasteiger partial charge in [0.05, 0.1) is 12.4 Å². The first-order valence-corrected chi connectivity index (χ1v) is 12.1. The molecule has 9 nitrogen and oxygen atoms in total. The summed E-state index contributed by atoms with van der Waals surface area (Å²) in [6.07, 6.45) is 9.55. The minimum atomic E-state index is -0.723. The molecule has 2 aromatic rings. The Balaban J connectivity index is 1.85. The zero-order chi connectivity index (χ0) is 23.2. The minimum absolute atomic E-state index is 0.234. The summed E-state index contributed by atoms with van der Waals surface area (Å²) < 4.78 is 0. The van der Waals surface area contributed by atoms with Gasteiger partial charge in [0.15, 0.2) is 0 Å². The summed E-state index contributed by atoms with van der Waals surface area (Å²) in [5.41, 5.74) is 17.8. The normalized spacial score (nSPS) is 13.0. The Bertz CT molecular complexity index is 794. The highest BCUT2D eigenvalue weighted by molar-refractivity contribution is 7.11. The Kier molecular flexibility index (Phi) is 12.0. The van der Waals surface area contributed by atoms with Crippen LogP contribution in [0.3, 0.4) is 0 Å². The second kappa shape index (κ2) is 14.7. The number of imidazole rings is 1. The molecule has 2 amide bonds. The lowest BCUT2D eigenvalue weighted by Gasteiger charge is -2.20. The van der Waals surface area contributed by atoms with Gasteiger partial charge in [0.25, 0.3) is 0 Å². The molecule has 0 radical (unpaired) electrons. The summed E-state index contributed by atoms with van der Waals surface area (Å²) in [5.74, 6) is -0.566. The topological polar surface area (TPSA) is 165 Å². The van der Waals surface area contributed by atoms with Crippen LogP contribution in [0.2, 0.25) is 0 Å². The van der Waals surface area contributed by atoms with E-state index in [9.17, 15) is 9.59 Å². The molecule has 178 valence electrons. The predicted octanol–water partition coefficient (Wildman–Crippen LogP) is 0.595. The maximum absolute atomic E-state index is 12.8. The fraction of sp³-hybridized carbons (Fsp3) is 0.591. The predicted molar refractivity (Wildman–Crippen MR) is 128 cm³/mol. The summed E-state index contributed by atoms with van der Waals surface area (Å²) in [4.78, 5) is 34.9. The molecule has 0 aliphatic rings. The van der Waals surface area contributed by atoms with Crippen molar-refractivity contribution in [2.45, 2.75) is 63.5 Å². The molecule has 2 rings (SSSR count). The van der Waals surface area contributed by atoms with Crippen LogP contribution in [0.5, 0.6) is 0 Å². The number of nitrogens with zero attached hydrogens (tertiary/aromatic N) is 1. The number of nitrogens with one attached hydrogen (secondary N) is 3. The molecule has 32 heavy (non-hydrogen) atoms. The van der Waals surface area contributed by atoms with E-state index in [1.54, 1.807) is 23.9 Å². The zero-order valence-corrected chi connectivity index (χ0v) is 19.5. The van der Waals surface area contributed by atoms with E-state index >= 15 is 0 Å². The average Bonchev–Trinajstić information content (AvgIpc) is 3.45. The van der Waals surface area contributed by atoms with E-state index in [0.29, 0.717) is 25.9 Å². The van der Waals surface area contributed by atoms with Crippen LogP contribution in [-0.2, 0) is 28.9 Å². The molecule has 2 aromatic heterocycles. The van der Waals surface area contributed by atoms with E-state index in [2.05, 4.69) is 32.7 Å². The van der Waals surface area contributed by atoms with Crippen molar-refractivity contribution in [2.75, 3.05) is 19.6 Å². The highest BCUT2D eigenvalue weighted by Gasteiger charge is 2.24. The lowest BCUT2D eigenvalue weighted by atomic mass is 10.1. The lowest BCUT2D eigenvalue weighted by molar-refractivity contribution is -0.129. The van der Waals surface area contributed by atoms with Crippen LogP contribution in [-0.4, -0.2) is 53.5 Å². The Morgan fingerprint density at radius 3 is 2.44 bits per heavy atom. The molecular formula is C22H37N7O2S. The van der Waals surface area contributed by atoms with Crippen LogP contribution >= 0.6 is 11.3 Å². The van der Waals surface area contributed by atoms with Crippen molar-refractivity contribution in [3.8, 4) is 0 Å². The van der Waals surface area contributed by atoms with E-state index in [1.165, 1.54) is 9.75 Å². The van der Waals surface area contributed by atoms with Gasteiger partial charge < -0.3 is 32.8 Å². The molecule has 0 saturated carbocycles. The molecule has 0 unspecified atom stereocenters. The van der Waals surface area contributed by atoms with Gasteiger partial charge in [-0.2, -0.15) is 0 Å². The first kappa shape index (κ1) is 26.0. The average molecular weight is 464 g/mol. The third-order valence-electron chi connectivity index (χ3n) is 5.18. The van der Waals surface area contributed by atoms with Gasteiger partial charge in [-0.05, 0) is 63.7 Å². The van der Waals surface area contributed by atoms with E-state index in [1.807, 2.05) is 0 Å². The molecule has 0 aliphatic heterocycles. The van der Waals surface area contributed by atoms with Gasteiger partial charge in [-0.15, -0.1) is 11.3 Å². The first-order chi connectivity index (χ1) is 15.5. The van der Waals surface area contributed by atoms with Crippen molar-refractivity contribution in [1.82, 2.24) is 20.6 Å². The Morgan fingerprint density at radius 2 is 1.75 bits per heavy atom. The summed E-state index contributed by atoms with van der Waals surface area (Å²) in [7, 11) is 0. The van der Waals surface area contributed by atoms with Crippen molar-refractivity contribution >= 4 is 23.2 Å². The summed E-state index contributed by atoms with van der Waals surface area (Å²) in [5, 5.41) is 5.75. The Hall–Kier alpha value is -2.27. The molecular weight excluding hydrogens is 426 g/mol. The van der Waals surface area contributed by atoms with Crippen molar-refractivity contribution in [2.24, 2.45) is 17.2 Å². The van der Waals surface area contributed by atoms with Crippen LogP contribution in [0.1, 0.15) is 47.6 Å². The lowest BCUT2D eigenvalue weighted by Crippen LogP contribution is -2.52. The molecule has 0 aliphatic carbocycles. The fourth-order valence-electron chi connectivity index (χ4n) is 3.31. The number of unbranched alkanes of at least 4 members (excludes halogenated alkanes) is 2. The first-order valence-electron chi connectivity index (χ1n) is 11.3. The Labute approximate surface area is 193 Å². The fourth-order valence-corrected chi connectivity index (χ4v) is 4.37. The number of H-pyrrole nitrogens is 1. The molecule has 0 bridgehead atoms. The molecule has 2 atom stereocenters. The van der Waals surface area contributed by atoms with Crippen molar-refractivity contribution in [3.63, 3.8) is 0 Å². The molecule has 0 fully saturated rings. The third kappa shape index (κ3) is 9.47. The second-order valence-electron chi connectivity index (χ2n) is 7.89. The number of aryl methyl sites for hydroxylation is 1. The van der Waals surface area contributed by atoms with Crippen LogP contribution in [0.25, 0.3) is 0 Å². The van der Waals surface area contributed by atoms with Gasteiger partial charge >= 0.3 is 0 Å². The van der Waals surface area contributed by atoms with Crippen molar-refractivity contribution in [3.05, 3.63) is 40.1 Å². The monoisotopic (exact) mass is 463 g/mol. The number of aromatic amines is 1. The number of thiophene rings is 1. The van der Waals surface area contributed by atoms with Crippen LogP contribution in [0.15, 0.2) is 24.7 Å². The molecule has 0 saturated heterocycles. The standard InChI is InChI=1S/C22H37N7O2S/c23-10-3-1-5-17-7-8-18(32-17)9-12-27-22(31)20(13-16-14-26-15-28-16)29-21(30)19(25)6-2-4-11-24/h7-8,14-15,19-20H,1-6,9-13,23-25H2,(H,26,28)(H,27,31)(H,29,30)/t19-,20+/m1/s1. The largest absolute Gasteiger partial charge is 0.354 e. The molecule has 2 heterocycles. The maximum Gasteiger partial charge on any atom is 0.242 e. The van der Waals surface area contributed by atoms with Crippen LogP contribution in [0.4, 0.5) is 0 Å². The number of aromatic nitrogens is 2. The van der Waals surface area contributed by atoms with Crippen molar-refractivity contribution < 1.29 is 9.59 Å². The maximum atomic E-state index is 12.8. The van der Waals surface area contributed by atoms with Gasteiger partial charge in [-0.3, -0.25) is 9.59 Å². The second-order valence-corrected chi connectivity index (χ2v) is 9.14. The number of hydrogen-bond acceptors (Lipinski definition) is 7. The number of carbonyl (C=O) groups excluding carboxylic acids is 2. The van der Waals surface area contributed by atoms with E-state index in [4.69, 9.17) is 17.2 Å². The summed E-state index contributed by atoms with van der Waals surface area (Å²) in [6, 6.07) is 2.87. The smallest absolute Gasteiger partial charge is 0.242 e. The van der Waals surface area contributed by atoms with Gasteiger partial charge in [0.2, 0.25) is 11.8 Å². The number of carbonyl (C=O) groups is 2. The van der Waals surface area contributed by atoms with Gasteiger partial charge in [-0.1, -0.05) is 6.42 Å².